The molecule has 0 amide bonds. The highest BCUT2D eigenvalue weighted by Gasteiger charge is 2.19. The smallest absolute Gasteiger partial charge is 0.160 e. The summed E-state index contributed by atoms with van der Waals surface area (Å²) in [6, 6.07) is 3.96. The minimum absolute atomic E-state index is 0.0988. The normalized spacial score (nSPS) is 18.8. The molecule has 86 valence electrons. The Kier molecular flexibility index (Phi) is 2.57. The predicted molar refractivity (Wildman–Crippen MR) is 65.1 cm³/mol. The predicted octanol–water partition coefficient (Wildman–Crippen LogP) is 1.87. The molecule has 0 radical (unpaired) electrons. The third-order valence-corrected chi connectivity index (χ3v) is 3.15. The Morgan fingerprint density at radius 1 is 1.29 bits per heavy atom. The van der Waals surface area contributed by atoms with Crippen LogP contribution in [-0.2, 0) is 6.42 Å². The fourth-order valence-electron chi connectivity index (χ4n) is 2.22. The zero-order chi connectivity index (χ0) is 11.7. The second-order valence-electron chi connectivity index (χ2n) is 4.34. The third-order valence-electron chi connectivity index (χ3n) is 3.15. The number of fused-ring (bicyclic) bond motifs is 1. The Morgan fingerprint density at radius 2 is 2.24 bits per heavy atom. The fraction of sp³-hybridized carbons (Fsp3) is 0.308. The first-order valence-electron chi connectivity index (χ1n) is 5.86. The van der Waals surface area contributed by atoms with Crippen LogP contribution in [0.15, 0.2) is 30.7 Å². The topological polar surface area (TPSA) is 64.7 Å². The van der Waals surface area contributed by atoms with Crippen molar-refractivity contribution in [2.24, 2.45) is 5.73 Å². The number of aromatic nitrogens is 3. The van der Waals surface area contributed by atoms with Crippen LogP contribution in [0, 0.1) is 0 Å². The average Bonchev–Trinajstić information content (AvgIpc) is 2.40. The van der Waals surface area contributed by atoms with Gasteiger partial charge < -0.3 is 5.73 Å². The lowest BCUT2D eigenvalue weighted by Crippen LogP contribution is -2.19. The number of hydrogen-bond acceptors (Lipinski definition) is 4. The van der Waals surface area contributed by atoms with Crippen molar-refractivity contribution < 1.29 is 0 Å². The van der Waals surface area contributed by atoms with E-state index in [4.69, 9.17) is 5.73 Å². The molecule has 0 saturated heterocycles. The molecular formula is C13H14N4. The molecule has 0 saturated carbocycles. The van der Waals surface area contributed by atoms with Crippen molar-refractivity contribution in [1.29, 1.82) is 0 Å². The number of hydrogen-bond donors (Lipinski definition) is 1. The molecule has 0 bridgehead atoms. The lowest BCUT2D eigenvalue weighted by molar-refractivity contribution is 0.557. The highest BCUT2D eigenvalue weighted by atomic mass is 14.9. The molecule has 0 spiro atoms. The van der Waals surface area contributed by atoms with Gasteiger partial charge in [0.05, 0.1) is 0 Å². The van der Waals surface area contributed by atoms with Crippen LogP contribution in [0.3, 0.4) is 0 Å². The zero-order valence-electron chi connectivity index (χ0n) is 9.50. The van der Waals surface area contributed by atoms with E-state index < -0.39 is 0 Å². The van der Waals surface area contributed by atoms with Gasteiger partial charge in [-0.15, -0.1) is 0 Å². The molecule has 0 aliphatic heterocycles. The van der Waals surface area contributed by atoms with E-state index in [9.17, 15) is 0 Å². The maximum Gasteiger partial charge on any atom is 0.160 e. The summed E-state index contributed by atoms with van der Waals surface area (Å²) in [5, 5.41) is 0. The van der Waals surface area contributed by atoms with E-state index in [1.54, 1.807) is 12.4 Å². The second kappa shape index (κ2) is 4.22. The number of nitrogens with two attached hydrogens (primary N) is 1. The fourth-order valence-corrected chi connectivity index (χ4v) is 2.22. The Labute approximate surface area is 99.9 Å². The third kappa shape index (κ3) is 1.91. The van der Waals surface area contributed by atoms with E-state index in [0.29, 0.717) is 0 Å². The van der Waals surface area contributed by atoms with Crippen LogP contribution in [0.25, 0.3) is 11.4 Å². The van der Waals surface area contributed by atoms with Gasteiger partial charge in [0, 0.05) is 41.5 Å². The summed E-state index contributed by atoms with van der Waals surface area (Å²) in [5.74, 6) is 0.742. The van der Waals surface area contributed by atoms with Crippen LogP contribution >= 0.6 is 0 Å². The molecule has 1 atom stereocenters. The molecule has 2 N–H and O–H groups in total. The van der Waals surface area contributed by atoms with Crippen LogP contribution in [0.1, 0.15) is 30.1 Å². The van der Waals surface area contributed by atoms with Crippen molar-refractivity contribution in [2.45, 2.75) is 25.3 Å². The summed E-state index contributed by atoms with van der Waals surface area (Å²) in [6.45, 7) is 0. The Bertz CT molecular complexity index is 524. The van der Waals surface area contributed by atoms with E-state index in [0.717, 1.165) is 41.9 Å². The zero-order valence-corrected chi connectivity index (χ0v) is 9.50. The largest absolute Gasteiger partial charge is 0.324 e. The second-order valence-corrected chi connectivity index (χ2v) is 4.34. The molecule has 0 aromatic carbocycles. The number of nitrogens with zero attached hydrogens (tertiary/aromatic N) is 3. The van der Waals surface area contributed by atoms with Gasteiger partial charge in [-0.25, -0.2) is 9.97 Å². The van der Waals surface area contributed by atoms with Gasteiger partial charge in [0.2, 0.25) is 0 Å². The van der Waals surface area contributed by atoms with Crippen molar-refractivity contribution in [2.75, 3.05) is 0 Å². The number of pyridine rings is 1. The van der Waals surface area contributed by atoms with E-state index in [2.05, 4.69) is 15.0 Å². The Morgan fingerprint density at radius 3 is 3.06 bits per heavy atom. The molecule has 17 heavy (non-hydrogen) atoms. The van der Waals surface area contributed by atoms with Gasteiger partial charge >= 0.3 is 0 Å². The molecule has 0 fully saturated rings. The summed E-state index contributed by atoms with van der Waals surface area (Å²) in [4.78, 5) is 13.1. The van der Waals surface area contributed by atoms with Crippen molar-refractivity contribution in [3.63, 3.8) is 0 Å². The summed E-state index contributed by atoms with van der Waals surface area (Å²) in [6.07, 6.45) is 8.54. The Hall–Kier alpha value is -1.81. The molecule has 4 nitrogen and oxygen atoms in total. The molecular weight excluding hydrogens is 212 g/mol. The van der Waals surface area contributed by atoms with Crippen LogP contribution in [-0.4, -0.2) is 15.0 Å². The standard InChI is InChI=1S/C13H14N4/c14-11-4-1-5-12-10(11)8-16-13(17-12)9-3-2-6-15-7-9/h2-3,6-8,11H,1,4-5,14H2. The van der Waals surface area contributed by atoms with Crippen LogP contribution in [0.2, 0.25) is 0 Å². The molecule has 2 aromatic rings. The van der Waals surface area contributed by atoms with Crippen LogP contribution < -0.4 is 5.73 Å². The molecule has 4 heteroatoms. The van der Waals surface area contributed by atoms with Gasteiger partial charge in [0.1, 0.15) is 0 Å². The monoisotopic (exact) mass is 226 g/mol. The van der Waals surface area contributed by atoms with E-state index in [-0.39, 0.29) is 6.04 Å². The molecule has 1 aliphatic carbocycles. The minimum atomic E-state index is 0.0988. The van der Waals surface area contributed by atoms with Gasteiger partial charge in [-0.3, -0.25) is 4.98 Å². The molecule has 2 aromatic heterocycles. The van der Waals surface area contributed by atoms with E-state index >= 15 is 0 Å². The quantitative estimate of drug-likeness (QED) is 0.806. The maximum absolute atomic E-state index is 6.04. The summed E-state index contributed by atoms with van der Waals surface area (Å²) in [7, 11) is 0. The summed E-state index contributed by atoms with van der Waals surface area (Å²) in [5.41, 5.74) is 9.19. The van der Waals surface area contributed by atoms with Crippen LogP contribution in [0.5, 0.6) is 0 Å². The van der Waals surface area contributed by atoms with Crippen molar-refractivity contribution in [3.8, 4) is 11.4 Å². The SMILES string of the molecule is NC1CCCc2nc(-c3cccnc3)ncc21. The number of rotatable bonds is 1. The molecule has 1 unspecified atom stereocenters. The average molecular weight is 226 g/mol. The van der Waals surface area contributed by atoms with Gasteiger partial charge in [-0.05, 0) is 31.4 Å². The van der Waals surface area contributed by atoms with Gasteiger partial charge in [0.15, 0.2) is 5.82 Å². The molecule has 3 rings (SSSR count). The van der Waals surface area contributed by atoms with Crippen LogP contribution in [0.4, 0.5) is 0 Å². The van der Waals surface area contributed by atoms with Crippen molar-refractivity contribution in [1.82, 2.24) is 15.0 Å². The van der Waals surface area contributed by atoms with Gasteiger partial charge in [-0.2, -0.15) is 0 Å². The van der Waals surface area contributed by atoms with E-state index in [1.807, 2.05) is 18.3 Å². The van der Waals surface area contributed by atoms with Gasteiger partial charge in [0.25, 0.3) is 0 Å². The highest BCUT2D eigenvalue weighted by Crippen LogP contribution is 2.27. The first-order valence-corrected chi connectivity index (χ1v) is 5.86. The van der Waals surface area contributed by atoms with Crippen molar-refractivity contribution >= 4 is 0 Å². The first-order chi connectivity index (χ1) is 8.34. The first kappa shape index (κ1) is 10.4. The van der Waals surface area contributed by atoms with E-state index in [1.165, 1.54) is 0 Å². The number of aryl methyl sites for hydroxylation is 1. The minimum Gasteiger partial charge on any atom is -0.324 e. The highest BCUT2D eigenvalue weighted by molar-refractivity contribution is 5.53. The lowest BCUT2D eigenvalue weighted by atomic mass is 9.93. The Balaban J connectivity index is 2.04. The maximum atomic E-state index is 6.04. The van der Waals surface area contributed by atoms with Gasteiger partial charge in [-0.1, -0.05) is 0 Å². The molecule has 1 aliphatic rings. The lowest BCUT2D eigenvalue weighted by Gasteiger charge is -2.20. The summed E-state index contributed by atoms with van der Waals surface area (Å²) >= 11 is 0. The van der Waals surface area contributed by atoms with Crippen molar-refractivity contribution in [3.05, 3.63) is 42.0 Å². The molecule has 2 heterocycles. The summed E-state index contributed by atoms with van der Waals surface area (Å²) < 4.78 is 0.